The molecule has 28 nitrogen and oxygen atoms in total. The number of β-amino-alcohol motifs (C(OH)–C–C–N with tert-alkyl or cyclic N) is 1. The lowest BCUT2D eigenvalue weighted by atomic mass is 9.95. The Labute approximate surface area is 490 Å². The zero-order chi connectivity index (χ0) is 61.0. The van der Waals surface area contributed by atoms with Gasteiger partial charge in [0.1, 0.15) is 48.8 Å². The number of thioether (sulfide) groups is 1. The molecule has 3 heterocycles. The third-order valence-corrected chi connectivity index (χ3v) is 16.4. The second-order valence-electron chi connectivity index (χ2n) is 21.4. The molecule has 0 radical (unpaired) electrons. The number of guanidine groups is 1. The summed E-state index contributed by atoms with van der Waals surface area (Å²) in [5, 5.41) is 46.7. The second kappa shape index (κ2) is 32.0. The quantitative estimate of drug-likeness (QED) is 0.0200. The van der Waals surface area contributed by atoms with Crippen LogP contribution in [0.4, 0.5) is 5.69 Å². The molecule has 9 amide bonds. The maximum absolute atomic E-state index is 14.6. The molecule has 29 heteroatoms. The number of fused-ring (bicyclic) bond motifs is 2. The Kier molecular flexibility index (Phi) is 25.0. The largest absolute Gasteiger partial charge is 0.480 e. The molecule has 0 bridgehead atoms. The SMILES string of the molecule is NCCCC[C@H](NC(=O)[C@@H](N)CCCCN)C(=O)N[C@@H](CCCN=C(N)N)C(=O)N1CCC[C@H]1C(=O)N1C[C@H](O)C[C@H]1C(=O)NCC(=O)N[C@H](C(=O)N[C@@H](CO)C(=O)N[C@@H]1CSc2ccccc2N(CC(=O)O)C1=O)C1Cc2ccccc2C1. The number of para-hydroxylation sites is 1. The van der Waals surface area contributed by atoms with Crippen molar-refractivity contribution in [3.05, 3.63) is 59.7 Å². The van der Waals surface area contributed by atoms with Crippen LogP contribution in [-0.4, -0.2) is 203 Å². The fourth-order valence-corrected chi connectivity index (χ4v) is 12.0. The maximum atomic E-state index is 14.6. The van der Waals surface area contributed by atoms with E-state index < -0.39 is 139 Å². The van der Waals surface area contributed by atoms with Gasteiger partial charge in [0.05, 0.1) is 31.0 Å². The first kappa shape index (κ1) is 65.7. The zero-order valence-electron chi connectivity index (χ0n) is 47.0. The van der Waals surface area contributed by atoms with Crippen LogP contribution in [0, 0.1) is 5.92 Å². The third kappa shape index (κ3) is 18.0. The minimum atomic E-state index is -1.63. The number of aliphatic carboxylic acids is 1. The van der Waals surface area contributed by atoms with Gasteiger partial charge in [-0.25, -0.2) is 0 Å². The summed E-state index contributed by atoms with van der Waals surface area (Å²) in [6.07, 6.45) is 2.85. The van der Waals surface area contributed by atoms with Gasteiger partial charge in [0, 0.05) is 36.7 Å². The molecule has 1 aliphatic carbocycles. The maximum Gasteiger partial charge on any atom is 0.323 e. The molecule has 0 saturated carbocycles. The Morgan fingerprint density at radius 3 is 2.06 bits per heavy atom. The van der Waals surface area contributed by atoms with Gasteiger partial charge < -0.3 is 85.7 Å². The van der Waals surface area contributed by atoms with Gasteiger partial charge in [-0.15, -0.1) is 11.8 Å². The van der Waals surface area contributed by atoms with Crippen LogP contribution < -0.4 is 65.5 Å². The first-order valence-electron chi connectivity index (χ1n) is 28.5. The lowest BCUT2D eigenvalue weighted by Gasteiger charge is -2.33. The number of hydrogen-bond donors (Lipinski definition) is 14. The van der Waals surface area contributed by atoms with Crippen LogP contribution >= 0.6 is 11.8 Å². The van der Waals surface area contributed by atoms with Crippen LogP contribution in [0.15, 0.2) is 58.4 Å². The Bertz CT molecular complexity index is 2690. The predicted molar refractivity (Wildman–Crippen MR) is 309 cm³/mol. The number of carbonyl (C=O) groups is 10. The number of amides is 9. The van der Waals surface area contributed by atoms with Crippen molar-refractivity contribution in [2.24, 2.45) is 39.6 Å². The number of likely N-dealkylation sites (tertiary alicyclic amines) is 2. The average Bonchev–Trinajstić information content (AvgIpc) is 3.39. The number of rotatable bonds is 30. The predicted octanol–water partition coefficient (Wildman–Crippen LogP) is -4.25. The van der Waals surface area contributed by atoms with Crippen LogP contribution in [-0.2, 0) is 60.8 Å². The third-order valence-electron chi connectivity index (χ3n) is 15.3. The molecule has 460 valence electrons. The van der Waals surface area contributed by atoms with Gasteiger partial charge in [0.15, 0.2) is 5.96 Å². The lowest BCUT2D eigenvalue weighted by Crippen LogP contribution is -2.60. The minimum absolute atomic E-state index is 0.00101. The monoisotopic (exact) mass is 1190 g/mol. The molecule has 9 atom stereocenters. The number of aliphatic imine (C=N–C) groups is 1. The highest BCUT2D eigenvalue weighted by molar-refractivity contribution is 7.99. The molecule has 84 heavy (non-hydrogen) atoms. The van der Waals surface area contributed by atoms with Gasteiger partial charge in [-0.3, -0.25) is 57.8 Å². The molecule has 2 fully saturated rings. The number of aliphatic hydroxyl groups is 2. The molecule has 4 aliphatic rings. The van der Waals surface area contributed by atoms with Crippen LogP contribution in [0.25, 0.3) is 0 Å². The molecular weight excluding hydrogens is 1110 g/mol. The number of aliphatic hydroxyl groups excluding tert-OH is 2. The van der Waals surface area contributed by atoms with E-state index in [1.54, 1.807) is 24.3 Å². The molecule has 2 saturated heterocycles. The Hall–Kier alpha value is -7.44. The number of carbonyl (C=O) groups excluding carboxylic acids is 9. The summed E-state index contributed by atoms with van der Waals surface area (Å²) in [5.41, 5.74) is 30.7. The number of nitrogens with two attached hydrogens (primary N) is 5. The van der Waals surface area contributed by atoms with Crippen molar-refractivity contribution in [1.82, 2.24) is 41.7 Å². The zero-order valence-corrected chi connectivity index (χ0v) is 47.8. The number of unbranched alkanes of at least 4 members (excludes halogenated alkanes) is 2. The van der Waals surface area contributed by atoms with E-state index in [9.17, 15) is 63.3 Å². The lowest BCUT2D eigenvalue weighted by molar-refractivity contribution is -0.148. The Morgan fingerprint density at radius 2 is 1.39 bits per heavy atom. The molecule has 2 aromatic rings. The molecule has 0 spiro atoms. The van der Waals surface area contributed by atoms with E-state index in [-0.39, 0.29) is 63.5 Å². The van der Waals surface area contributed by atoms with Crippen LogP contribution in [0.3, 0.4) is 0 Å². The summed E-state index contributed by atoms with van der Waals surface area (Å²) >= 11 is 1.20. The number of carboxylic acid groups (broad SMARTS) is 1. The van der Waals surface area contributed by atoms with E-state index in [0.29, 0.717) is 75.0 Å². The van der Waals surface area contributed by atoms with E-state index in [0.717, 1.165) is 20.9 Å². The summed E-state index contributed by atoms with van der Waals surface area (Å²) < 4.78 is 0. The molecule has 0 aromatic heterocycles. The number of anilines is 1. The summed E-state index contributed by atoms with van der Waals surface area (Å²) in [6, 6.07) is 4.14. The first-order chi connectivity index (χ1) is 40.2. The van der Waals surface area contributed by atoms with Crippen LogP contribution in [0.5, 0.6) is 0 Å². The minimum Gasteiger partial charge on any atom is -0.480 e. The number of hydrogen-bond acceptors (Lipinski definition) is 17. The van der Waals surface area contributed by atoms with Gasteiger partial charge in [-0.2, -0.15) is 0 Å². The molecule has 19 N–H and O–H groups in total. The van der Waals surface area contributed by atoms with Gasteiger partial charge >= 0.3 is 5.97 Å². The van der Waals surface area contributed by atoms with Crippen molar-refractivity contribution in [2.45, 2.75) is 143 Å². The van der Waals surface area contributed by atoms with Crippen molar-refractivity contribution in [3.63, 3.8) is 0 Å². The van der Waals surface area contributed by atoms with Gasteiger partial charge in [-0.1, -0.05) is 42.8 Å². The molecular formula is C55H81N15O13S. The number of nitrogens with zero attached hydrogens (tertiary/aromatic N) is 4. The Balaban J connectivity index is 1.12. The van der Waals surface area contributed by atoms with Crippen LogP contribution in [0.2, 0.25) is 0 Å². The Morgan fingerprint density at radius 1 is 0.750 bits per heavy atom. The van der Waals surface area contributed by atoms with E-state index in [4.69, 9.17) is 28.7 Å². The standard InChI is InChI=1S/C55H81N15O13S/c56-19-7-5-13-35(58)47(76)63-36(14-6-8-20-57)48(77)64-37(15-9-21-61-55(59)60)52(81)68-22-10-17-41(68)54(83)69-27-34(72)25-42(69)50(79)62-26-44(73)67-46(33-23-31-11-1-2-12-32(31)24-33)51(80)65-38(29-71)49(78)66-39-30-84-43-18-4-3-16-40(43)70(53(39)82)28-45(74)75/h1-4,11-12,16,18,33-39,41-42,46,71-72H,5-10,13-15,17,19-30,56-58H2,(H,62,79)(H,63,76)(H,64,77)(H,65,80)(H,66,78)(H,67,73)(H,74,75)(H4,59,60,61)/t34-,35+,36+,37+,38+,39-,41+,42+,46+/m1/s1. The fourth-order valence-electron chi connectivity index (χ4n) is 10.9. The molecule has 3 aliphatic heterocycles. The molecule has 2 aromatic carbocycles. The number of nitrogens with one attached hydrogen (secondary N) is 6. The number of benzene rings is 2. The van der Waals surface area contributed by atoms with E-state index in [1.165, 1.54) is 16.7 Å². The normalized spacial score (nSPS) is 20.2. The highest BCUT2D eigenvalue weighted by atomic mass is 32.2. The molecule has 0 unspecified atom stereocenters. The van der Waals surface area contributed by atoms with Crippen molar-refractivity contribution in [2.75, 3.05) is 63.1 Å². The van der Waals surface area contributed by atoms with E-state index in [1.807, 2.05) is 24.3 Å². The first-order valence-corrected chi connectivity index (χ1v) is 29.4. The van der Waals surface area contributed by atoms with Crippen LogP contribution in [0.1, 0.15) is 81.8 Å². The highest BCUT2D eigenvalue weighted by Gasteiger charge is 2.46. The van der Waals surface area contributed by atoms with Crippen molar-refractivity contribution in [1.29, 1.82) is 0 Å². The highest BCUT2D eigenvalue weighted by Crippen LogP contribution is 2.35. The summed E-state index contributed by atoms with van der Waals surface area (Å²) in [5.74, 6) is -8.76. The smallest absolute Gasteiger partial charge is 0.323 e. The van der Waals surface area contributed by atoms with E-state index in [2.05, 4.69) is 36.9 Å². The molecule has 6 rings (SSSR count). The fraction of sp³-hybridized carbons (Fsp3) is 0.582. The second-order valence-corrected chi connectivity index (χ2v) is 22.5. The van der Waals surface area contributed by atoms with Crippen molar-refractivity contribution >= 4 is 82.5 Å². The summed E-state index contributed by atoms with van der Waals surface area (Å²) in [4.78, 5) is 146. The average molecular weight is 1190 g/mol. The van der Waals surface area contributed by atoms with E-state index >= 15 is 0 Å². The van der Waals surface area contributed by atoms with Gasteiger partial charge in [0.2, 0.25) is 47.3 Å². The summed E-state index contributed by atoms with van der Waals surface area (Å²) in [6.45, 7) is -1.65. The van der Waals surface area contributed by atoms with Gasteiger partial charge in [0.25, 0.3) is 5.91 Å². The van der Waals surface area contributed by atoms with Crippen molar-refractivity contribution < 1.29 is 63.3 Å². The summed E-state index contributed by atoms with van der Waals surface area (Å²) in [7, 11) is 0. The number of carboxylic acids is 1. The van der Waals surface area contributed by atoms with Crippen molar-refractivity contribution in [3.8, 4) is 0 Å². The topological polar surface area (TPSA) is 456 Å². The van der Waals surface area contributed by atoms with Gasteiger partial charge in [-0.05, 0) is 113 Å².